The molecule has 0 amide bonds. The minimum absolute atomic E-state index is 0.0648. The maximum Gasteiger partial charge on any atom is 0.294 e. The van der Waals surface area contributed by atoms with Gasteiger partial charge in [0.15, 0.2) is 0 Å². The Labute approximate surface area is 120 Å². The van der Waals surface area contributed by atoms with Crippen molar-refractivity contribution < 1.29 is 13.0 Å². The van der Waals surface area contributed by atoms with Crippen LogP contribution in [0.5, 0.6) is 0 Å². The van der Waals surface area contributed by atoms with Crippen molar-refractivity contribution in [3.8, 4) is 0 Å². The molecule has 0 saturated carbocycles. The molecule has 0 spiro atoms. The van der Waals surface area contributed by atoms with Gasteiger partial charge in [-0.3, -0.25) is 4.55 Å². The molecular formula is C15H19NO3S. The Kier molecular flexibility index (Phi) is 3.52. The van der Waals surface area contributed by atoms with E-state index in [1.165, 1.54) is 6.07 Å². The third kappa shape index (κ3) is 2.27. The molecule has 0 unspecified atom stereocenters. The van der Waals surface area contributed by atoms with Crippen LogP contribution in [0, 0.1) is 0 Å². The highest BCUT2D eigenvalue weighted by molar-refractivity contribution is 7.85. The summed E-state index contributed by atoms with van der Waals surface area (Å²) in [6, 6.07) is 4.72. The first-order chi connectivity index (χ1) is 9.19. The molecule has 0 saturated heterocycles. The molecule has 0 aromatic heterocycles. The third-order valence-corrected chi connectivity index (χ3v) is 4.60. The van der Waals surface area contributed by atoms with Gasteiger partial charge in [0.1, 0.15) is 0 Å². The molecule has 5 heteroatoms. The fourth-order valence-electron chi connectivity index (χ4n) is 2.66. The van der Waals surface area contributed by atoms with Crippen molar-refractivity contribution in [2.24, 2.45) is 0 Å². The summed E-state index contributed by atoms with van der Waals surface area (Å²) in [7, 11) is -2.22. The number of nitrogens with zero attached hydrogens (tertiary/aromatic N) is 1. The van der Waals surface area contributed by atoms with Gasteiger partial charge in [-0.2, -0.15) is 8.42 Å². The SMILES string of the molecule is CC=CC=C1N(C)c2ccc(S(=O)(=O)O)cc2C1(C)C. The van der Waals surface area contributed by atoms with Gasteiger partial charge in [-0.25, -0.2) is 0 Å². The predicted octanol–water partition coefficient (Wildman–Crippen LogP) is 3.12. The Morgan fingerprint density at radius 3 is 2.50 bits per heavy atom. The first-order valence-electron chi connectivity index (χ1n) is 6.39. The molecule has 1 heterocycles. The van der Waals surface area contributed by atoms with E-state index in [1.54, 1.807) is 12.1 Å². The van der Waals surface area contributed by atoms with E-state index < -0.39 is 10.1 Å². The van der Waals surface area contributed by atoms with E-state index in [1.807, 2.05) is 50.9 Å². The van der Waals surface area contributed by atoms with Crippen LogP contribution in [0.2, 0.25) is 0 Å². The number of rotatable bonds is 2. The van der Waals surface area contributed by atoms with Crippen molar-refractivity contribution in [3.63, 3.8) is 0 Å². The molecule has 0 atom stereocenters. The normalized spacial score (nSPS) is 19.9. The van der Waals surface area contributed by atoms with Crippen molar-refractivity contribution in [1.82, 2.24) is 0 Å². The minimum Gasteiger partial charge on any atom is -0.347 e. The van der Waals surface area contributed by atoms with Crippen LogP contribution in [0.25, 0.3) is 0 Å². The molecule has 1 aromatic rings. The fourth-order valence-corrected chi connectivity index (χ4v) is 3.17. The fraction of sp³-hybridized carbons (Fsp3) is 0.333. The Balaban J connectivity index is 2.65. The van der Waals surface area contributed by atoms with Gasteiger partial charge in [-0.05, 0) is 36.8 Å². The summed E-state index contributed by atoms with van der Waals surface area (Å²) in [6.45, 7) is 6.03. The van der Waals surface area contributed by atoms with Crippen LogP contribution in [-0.2, 0) is 15.5 Å². The Bertz CT molecular complexity index is 700. The van der Waals surface area contributed by atoms with Crippen molar-refractivity contribution in [1.29, 1.82) is 0 Å². The maximum absolute atomic E-state index is 11.3. The standard InChI is InChI=1S/C15H19NO3S/c1-5-6-7-14-15(2,3)12-10-11(20(17,18)19)8-9-13(12)16(14)4/h5-10H,1-4H3,(H,17,18,19). The van der Waals surface area contributed by atoms with Crippen LogP contribution in [0.3, 0.4) is 0 Å². The summed E-state index contributed by atoms with van der Waals surface area (Å²) in [5.74, 6) is 0. The van der Waals surface area contributed by atoms with Crippen molar-refractivity contribution in [2.45, 2.75) is 31.1 Å². The number of fused-ring (bicyclic) bond motifs is 1. The number of anilines is 1. The molecule has 0 fully saturated rings. The summed E-state index contributed by atoms with van der Waals surface area (Å²) >= 11 is 0. The highest BCUT2D eigenvalue weighted by Crippen LogP contribution is 2.47. The lowest BCUT2D eigenvalue weighted by molar-refractivity contribution is 0.483. The Morgan fingerprint density at radius 1 is 1.30 bits per heavy atom. The van der Waals surface area contributed by atoms with Crippen LogP contribution < -0.4 is 4.90 Å². The van der Waals surface area contributed by atoms with Gasteiger partial charge in [0.2, 0.25) is 0 Å². The van der Waals surface area contributed by atoms with E-state index in [0.717, 1.165) is 16.9 Å². The minimum atomic E-state index is -4.18. The molecule has 4 nitrogen and oxygen atoms in total. The molecule has 0 radical (unpaired) electrons. The number of allylic oxidation sites excluding steroid dienone is 4. The lowest BCUT2D eigenvalue weighted by Gasteiger charge is -2.23. The average molecular weight is 293 g/mol. The lowest BCUT2D eigenvalue weighted by atomic mass is 9.84. The summed E-state index contributed by atoms with van der Waals surface area (Å²) in [6.07, 6.45) is 5.93. The molecule has 1 aromatic carbocycles. The molecule has 20 heavy (non-hydrogen) atoms. The van der Waals surface area contributed by atoms with Gasteiger partial charge in [0, 0.05) is 23.8 Å². The summed E-state index contributed by atoms with van der Waals surface area (Å²) in [4.78, 5) is 1.98. The third-order valence-electron chi connectivity index (χ3n) is 3.75. The molecule has 0 bridgehead atoms. The van der Waals surface area contributed by atoms with Crippen LogP contribution in [0.4, 0.5) is 5.69 Å². The van der Waals surface area contributed by atoms with E-state index in [-0.39, 0.29) is 10.3 Å². The summed E-state index contributed by atoms with van der Waals surface area (Å²) in [5.41, 5.74) is 2.62. The topological polar surface area (TPSA) is 57.6 Å². The zero-order valence-electron chi connectivity index (χ0n) is 12.1. The average Bonchev–Trinajstić information content (AvgIpc) is 2.54. The zero-order chi connectivity index (χ0) is 15.1. The summed E-state index contributed by atoms with van der Waals surface area (Å²) < 4.78 is 31.8. The van der Waals surface area contributed by atoms with Gasteiger partial charge < -0.3 is 4.90 Å². The number of likely N-dealkylation sites (N-methyl/N-ethyl adjacent to an activating group) is 1. The van der Waals surface area contributed by atoms with E-state index in [4.69, 9.17) is 0 Å². The number of benzene rings is 1. The first kappa shape index (κ1) is 14.8. The van der Waals surface area contributed by atoms with E-state index >= 15 is 0 Å². The zero-order valence-corrected chi connectivity index (χ0v) is 12.9. The lowest BCUT2D eigenvalue weighted by Crippen LogP contribution is -2.22. The van der Waals surface area contributed by atoms with E-state index in [2.05, 4.69) is 0 Å². The smallest absolute Gasteiger partial charge is 0.294 e. The molecule has 1 aliphatic heterocycles. The van der Waals surface area contributed by atoms with Crippen molar-refractivity contribution >= 4 is 15.8 Å². The van der Waals surface area contributed by atoms with Gasteiger partial charge in [-0.1, -0.05) is 26.0 Å². The second-order valence-electron chi connectivity index (χ2n) is 5.42. The van der Waals surface area contributed by atoms with Gasteiger partial charge >= 0.3 is 0 Å². The maximum atomic E-state index is 11.3. The van der Waals surface area contributed by atoms with Crippen molar-refractivity contribution in [3.05, 3.63) is 47.7 Å². The number of hydrogen-bond donors (Lipinski definition) is 1. The van der Waals surface area contributed by atoms with Gasteiger partial charge in [0.05, 0.1) is 4.90 Å². The molecule has 2 rings (SSSR count). The molecule has 108 valence electrons. The highest BCUT2D eigenvalue weighted by Gasteiger charge is 2.38. The molecule has 0 aliphatic carbocycles. The largest absolute Gasteiger partial charge is 0.347 e. The first-order valence-corrected chi connectivity index (χ1v) is 7.83. The van der Waals surface area contributed by atoms with Crippen LogP contribution in [-0.4, -0.2) is 20.0 Å². The Hall–Kier alpha value is -1.59. The quantitative estimate of drug-likeness (QED) is 0.851. The van der Waals surface area contributed by atoms with Gasteiger partial charge in [0.25, 0.3) is 10.1 Å². The molecule has 1 N–H and O–H groups in total. The predicted molar refractivity (Wildman–Crippen MR) is 80.6 cm³/mol. The summed E-state index contributed by atoms with van der Waals surface area (Å²) in [5, 5.41) is 0. The van der Waals surface area contributed by atoms with E-state index in [0.29, 0.717) is 0 Å². The second kappa shape index (κ2) is 4.75. The Morgan fingerprint density at radius 2 is 1.95 bits per heavy atom. The monoisotopic (exact) mass is 293 g/mol. The van der Waals surface area contributed by atoms with E-state index in [9.17, 15) is 13.0 Å². The second-order valence-corrected chi connectivity index (χ2v) is 6.84. The van der Waals surface area contributed by atoms with Crippen LogP contribution >= 0.6 is 0 Å². The van der Waals surface area contributed by atoms with Crippen LogP contribution in [0.1, 0.15) is 26.3 Å². The van der Waals surface area contributed by atoms with Crippen molar-refractivity contribution in [2.75, 3.05) is 11.9 Å². The van der Waals surface area contributed by atoms with Crippen LogP contribution in [0.15, 0.2) is 47.0 Å². The molecule has 1 aliphatic rings. The highest BCUT2D eigenvalue weighted by atomic mass is 32.2. The van der Waals surface area contributed by atoms with Gasteiger partial charge in [-0.15, -0.1) is 0 Å². The number of hydrogen-bond acceptors (Lipinski definition) is 3. The molecular weight excluding hydrogens is 274 g/mol.